The van der Waals surface area contributed by atoms with E-state index >= 15 is 0 Å². The summed E-state index contributed by atoms with van der Waals surface area (Å²) in [5.74, 6) is 0.464. The van der Waals surface area contributed by atoms with Gasteiger partial charge in [-0.3, -0.25) is 14.4 Å². The van der Waals surface area contributed by atoms with Gasteiger partial charge >= 0.3 is 0 Å². The summed E-state index contributed by atoms with van der Waals surface area (Å²) >= 11 is 2.89. The molecular weight excluding hydrogens is 665 g/mol. The molecule has 5 aromatic rings. The summed E-state index contributed by atoms with van der Waals surface area (Å²) in [6.07, 6.45) is 4.36. The zero-order chi connectivity index (χ0) is 35.2. The first-order valence-electron chi connectivity index (χ1n) is 16.4. The van der Waals surface area contributed by atoms with Gasteiger partial charge in [0, 0.05) is 32.7 Å². The van der Waals surface area contributed by atoms with Gasteiger partial charge in [0.1, 0.15) is 28.3 Å². The van der Waals surface area contributed by atoms with E-state index in [0.717, 1.165) is 40.8 Å². The summed E-state index contributed by atoms with van der Waals surface area (Å²) in [7, 11) is 0. The molecule has 3 aromatic carbocycles. The van der Waals surface area contributed by atoms with Crippen LogP contribution in [0, 0.1) is 24.2 Å². The van der Waals surface area contributed by atoms with Crippen molar-refractivity contribution < 1.29 is 18.8 Å². The van der Waals surface area contributed by atoms with Crippen molar-refractivity contribution in [1.82, 2.24) is 5.32 Å². The molecule has 10 heteroatoms. The molecule has 0 spiro atoms. The number of rotatable bonds is 10. The lowest BCUT2D eigenvalue weighted by Gasteiger charge is -2.17. The number of nitrogens with zero attached hydrogens (tertiary/aromatic N) is 1. The van der Waals surface area contributed by atoms with E-state index < -0.39 is 17.1 Å². The summed E-state index contributed by atoms with van der Waals surface area (Å²) < 4.78 is 6.02. The lowest BCUT2D eigenvalue weighted by Crippen LogP contribution is -2.30. The van der Waals surface area contributed by atoms with Crippen molar-refractivity contribution in [1.29, 1.82) is 5.26 Å². The number of fused-ring (bicyclic) bond motifs is 1. The molecule has 0 aliphatic heterocycles. The van der Waals surface area contributed by atoms with Crippen molar-refractivity contribution >= 4 is 57.6 Å². The van der Waals surface area contributed by atoms with Gasteiger partial charge in [-0.15, -0.1) is 23.1 Å². The highest BCUT2D eigenvalue weighted by Gasteiger charge is 2.26. The van der Waals surface area contributed by atoms with Crippen molar-refractivity contribution in [2.75, 3.05) is 10.6 Å². The summed E-state index contributed by atoms with van der Waals surface area (Å²) in [5, 5.41) is 18.6. The predicted molar refractivity (Wildman–Crippen MR) is 200 cm³/mol. The molecule has 1 aliphatic carbocycles. The van der Waals surface area contributed by atoms with Crippen molar-refractivity contribution in [3.63, 3.8) is 0 Å². The molecule has 50 heavy (non-hydrogen) atoms. The molecule has 2 atom stereocenters. The van der Waals surface area contributed by atoms with Gasteiger partial charge in [-0.2, -0.15) is 5.26 Å². The van der Waals surface area contributed by atoms with E-state index in [1.807, 2.05) is 62.4 Å². The maximum absolute atomic E-state index is 13.6. The average molecular weight is 701 g/mol. The van der Waals surface area contributed by atoms with Crippen LogP contribution in [-0.2, 0) is 22.4 Å². The SMILES string of the molecule is Cc1ccc(-c2ccc(/C=C(\NC(=O)c3ccccc3)C(=O)Nc3ccc(SC(C)C(=O)Nc4sc5c(c4C#N)CCC(C)C5)cc3)o2)cc1. The van der Waals surface area contributed by atoms with Crippen LogP contribution in [0.15, 0.2) is 106 Å². The van der Waals surface area contributed by atoms with Gasteiger partial charge in [-0.05, 0) is 93.1 Å². The van der Waals surface area contributed by atoms with E-state index in [0.29, 0.717) is 39.3 Å². The third-order valence-corrected chi connectivity index (χ3v) is 10.7. The predicted octanol–water partition coefficient (Wildman–Crippen LogP) is 8.84. The van der Waals surface area contributed by atoms with E-state index in [4.69, 9.17) is 4.42 Å². The Morgan fingerprint density at radius 2 is 1.72 bits per heavy atom. The highest BCUT2D eigenvalue weighted by Crippen LogP contribution is 2.39. The Balaban J connectivity index is 1.13. The monoisotopic (exact) mass is 700 g/mol. The van der Waals surface area contributed by atoms with Gasteiger partial charge in [-0.1, -0.05) is 55.0 Å². The number of nitrogens with one attached hydrogen (secondary N) is 3. The van der Waals surface area contributed by atoms with Crippen LogP contribution in [0.2, 0.25) is 0 Å². The smallest absolute Gasteiger partial charge is 0.272 e. The van der Waals surface area contributed by atoms with Crippen molar-refractivity contribution in [2.24, 2.45) is 5.92 Å². The number of benzene rings is 3. The van der Waals surface area contributed by atoms with Crippen LogP contribution in [-0.4, -0.2) is 23.0 Å². The van der Waals surface area contributed by atoms with Gasteiger partial charge in [-0.25, -0.2) is 0 Å². The molecule has 0 bridgehead atoms. The fourth-order valence-electron chi connectivity index (χ4n) is 5.63. The Bertz CT molecular complexity index is 2090. The molecule has 0 saturated heterocycles. The summed E-state index contributed by atoms with van der Waals surface area (Å²) in [5.41, 5.74) is 4.62. The molecule has 2 aromatic heterocycles. The van der Waals surface area contributed by atoms with Crippen molar-refractivity contribution in [3.8, 4) is 17.4 Å². The molecular formula is C40H36N4O4S2. The minimum Gasteiger partial charge on any atom is -0.457 e. The van der Waals surface area contributed by atoms with Crippen LogP contribution in [0.1, 0.15) is 58.0 Å². The zero-order valence-corrected chi connectivity index (χ0v) is 29.5. The Kier molecular flexibility index (Phi) is 10.7. The standard InChI is InChI=1S/C40H36N4O4S2/c1-24-9-12-27(13-10-24)35-20-16-30(48-35)22-34(43-38(46)28-7-5-4-6-8-28)39(47)42-29-14-17-31(18-15-29)49-26(3)37(45)44-40-33(23-41)32-19-11-25(2)21-36(32)50-40/h4-10,12-18,20,22,25-26H,11,19,21H2,1-3H3,(H,42,47)(H,43,46)(H,44,45)/b34-22-. The normalized spacial score (nSPS) is 14.6. The van der Waals surface area contributed by atoms with E-state index in [-0.39, 0.29) is 11.6 Å². The Hall–Kier alpha value is -5.37. The third-order valence-electron chi connectivity index (χ3n) is 8.43. The second kappa shape index (κ2) is 15.5. The fourth-order valence-corrected chi connectivity index (χ4v) is 7.86. The van der Waals surface area contributed by atoms with Crippen molar-refractivity contribution in [3.05, 3.63) is 130 Å². The van der Waals surface area contributed by atoms with Gasteiger partial charge < -0.3 is 20.4 Å². The third kappa shape index (κ3) is 8.25. The maximum Gasteiger partial charge on any atom is 0.272 e. The molecule has 0 saturated carbocycles. The number of aryl methyl sites for hydroxylation is 1. The molecule has 3 N–H and O–H groups in total. The molecule has 3 amide bonds. The molecule has 0 fully saturated rings. The molecule has 0 radical (unpaired) electrons. The van der Waals surface area contributed by atoms with Crippen LogP contribution in [0.25, 0.3) is 17.4 Å². The average Bonchev–Trinajstić information content (AvgIpc) is 3.73. The lowest BCUT2D eigenvalue weighted by atomic mass is 9.89. The van der Waals surface area contributed by atoms with Crippen LogP contribution in [0.5, 0.6) is 0 Å². The minimum atomic E-state index is -0.531. The van der Waals surface area contributed by atoms with E-state index in [9.17, 15) is 19.6 Å². The highest BCUT2D eigenvalue weighted by atomic mass is 32.2. The van der Waals surface area contributed by atoms with Gasteiger partial charge in [0.25, 0.3) is 11.8 Å². The second-order valence-corrected chi connectivity index (χ2v) is 14.9. The largest absolute Gasteiger partial charge is 0.457 e. The molecule has 6 rings (SSSR count). The molecule has 252 valence electrons. The Morgan fingerprint density at radius 1 is 0.980 bits per heavy atom. The lowest BCUT2D eigenvalue weighted by molar-refractivity contribution is -0.115. The summed E-state index contributed by atoms with van der Waals surface area (Å²) in [6, 6.07) is 29.6. The summed E-state index contributed by atoms with van der Waals surface area (Å²) in [6.45, 7) is 6.05. The van der Waals surface area contributed by atoms with Crippen LogP contribution in [0.3, 0.4) is 0 Å². The first-order valence-corrected chi connectivity index (χ1v) is 18.0. The topological polar surface area (TPSA) is 124 Å². The highest BCUT2D eigenvalue weighted by molar-refractivity contribution is 8.00. The number of thiophene rings is 1. The quantitative estimate of drug-likeness (QED) is 0.0988. The Morgan fingerprint density at radius 3 is 2.44 bits per heavy atom. The number of nitriles is 1. The first kappa shape index (κ1) is 34.5. The number of furan rings is 1. The van der Waals surface area contributed by atoms with Crippen LogP contribution >= 0.6 is 23.1 Å². The van der Waals surface area contributed by atoms with Gasteiger partial charge in [0.15, 0.2) is 0 Å². The number of hydrogen-bond acceptors (Lipinski definition) is 7. The van der Waals surface area contributed by atoms with Crippen LogP contribution < -0.4 is 16.0 Å². The van der Waals surface area contributed by atoms with E-state index in [2.05, 4.69) is 28.9 Å². The number of carbonyl (C=O) groups excluding carboxylic acids is 3. The minimum absolute atomic E-state index is 0.00820. The van der Waals surface area contributed by atoms with Gasteiger partial charge in [0.05, 0.1) is 10.8 Å². The number of amides is 3. The Labute approximate surface area is 299 Å². The number of hydrogen-bond donors (Lipinski definition) is 3. The fraction of sp³-hybridized carbons (Fsp3) is 0.200. The first-order chi connectivity index (χ1) is 24.2. The van der Waals surface area contributed by atoms with Gasteiger partial charge in [0.2, 0.25) is 5.91 Å². The second-order valence-electron chi connectivity index (χ2n) is 12.3. The number of carbonyl (C=O) groups is 3. The molecule has 2 unspecified atom stereocenters. The maximum atomic E-state index is 13.6. The van der Waals surface area contributed by atoms with E-state index in [1.54, 1.807) is 42.5 Å². The summed E-state index contributed by atoms with van der Waals surface area (Å²) in [4.78, 5) is 41.8. The molecule has 8 nitrogen and oxygen atoms in total. The molecule has 1 aliphatic rings. The van der Waals surface area contributed by atoms with E-state index in [1.165, 1.54) is 34.1 Å². The molecule has 2 heterocycles. The van der Waals surface area contributed by atoms with Crippen LogP contribution in [0.4, 0.5) is 10.7 Å². The number of anilines is 2. The zero-order valence-electron chi connectivity index (χ0n) is 27.9. The number of thioether (sulfide) groups is 1. The van der Waals surface area contributed by atoms with Crippen molar-refractivity contribution in [2.45, 2.75) is 50.2 Å².